The van der Waals surface area contributed by atoms with Crippen LogP contribution in [0.3, 0.4) is 0 Å². The van der Waals surface area contributed by atoms with Gasteiger partial charge in [-0.15, -0.1) is 11.3 Å². The van der Waals surface area contributed by atoms with Crippen LogP contribution in [0.4, 0.5) is 5.82 Å². The van der Waals surface area contributed by atoms with Crippen molar-refractivity contribution in [1.82, 2.24) is 14.9 Å². The SMILES string of the molecule is CCC(=O)N1CCc2c(sc3ncnc(N4CCCC4)c23)C1. The summed E-state index contributed by atoms with van der Waals surface area (Å²) in [5.74, 6) is 1.35. The lowest BCUT2D eigenvalue weighted by molar-refractivity contribution is -0.131. The minimum atomic E-state index is 0.244. The van der Waals surface area contributed by atoms with E-state index in [2.05, 4.69) is 14.9 Å². The number of rotatable bonds is 2. The zero-order chi connectivity index (χ0) is 15.1. The van der Waals surface area contributed by atoms with Crippen molar-refractivity contribution < 1.29 is 4.79 Å². The van der Waals surface area contributed by atoms with E-state index in [1.807, 2.05) is 11.8 Å². The largest absolute Gasteiger partial charge is 0.356 e. The summed E-state index contributed by atoms with van der Waals surface area (Å²) in [6.07, 6.45) is 5.69. The summed E-state index contributed by atoms with van der Waals surface area (Å²) in [7, 11) is 0. The standard InChI is InChI=1S/C16H20N4OS/c1-2-13(21)20-8-5-11-12(9-20)22-16-14(11)15(17-10-18-16)19-6-3-4-7-19/h10H,2-9H2,1H3. The summed E-state index contributed by atoms with van der Waals surface area (Å²) in [6.45, 7) is 5.68. The second-order valence-corrected chi connectivity index (χ2v) is 7.08. The molecular formula is C16H20N4OS. The van der Waals surface area contributed by atoms with Gasteiger partial charge in [0.15, 0.2) is 0 Å². The highest BCUT2D eigenvalue weighted by Crippen LogP contribution is 2.39. The number of thiophene rings is 1. The van der Waals surface area contributed by atoms with Crippen molar-refractivity contribution in [2.24, 2.45) is 0 Å². The Hall–Kier alpha value is -1.69. The molecule has 0 radical (unpaired) electrons. The fraction of sp³-hybridized carbons (Fsp3) is 0.562. The van der Waals surface area contributed by atoms with Crippen molar-refractivity contribution in [1.29, 1.82) is 0 Å². The average molecular weight is 316 g/mol. The van der Waals surface area contributed by atoms with Crippen molar-refractivity contribution in [3.63, 3.8) is 0 Å². The maximum absolute atomic E-state index is 12.0. The van der Waals surface area contributed by atoms with Crippen LogP contribution in [0.2, 0.25) is 0 Å². The Morgan fingerprint density at radius 1 is 1.27 bits per heavy atom. The number of carbonyl (C=O) groups excluding carboxylic acids is 1. The van der Waals surface area contributed by atoms with Gasteiger partial charge in [-0.25, -0.2) is 9.97 Å². The van der Waals surface area contributed by atoms with Crippen LogP contribution in [0.25, 0.3) is 10.2 Å². The number of anilines is 1. The average Bonchev–Trinajstić information content (AvgIpc) is 3.20. The molecule has 0 N–H and O–H groups in total. The summed E-state index contributed by atoms with van der Waals surface area (Å²) in [4.78, 5) is 27.8. The molecule has 0 aliphatic carbocycles. The molecule has 1 saturated heterocycles. The Labute approximate surface area is 134 Å². The molecule has 5 nitrogen and oxygen atoms in total. The van der Waals surface area contributed by atoms with Gasteiger partial charge in [-0.1, -0.05) is 6.92 Å². The van der Waals surface area contributed by atoms with Crippen LogP contribution in [0, 0.1) is 0 Å². The van der Waals surface area contributed by atoms with Gasteiger partial charge >= 0.3 is 0 Å². The number of hydrogen-bond donors (Lipinski definition) is 0. The first kappa shape index (κ1) is 13.9. The van der Waals surface area contributed by atoms with E-state index in [9.17, 15) is 4.79 Å². The lowest BCUT2D eigenvalue weighted by Gasteiger charge is -2.27. The quantitative estimate of drug-likeness (QED) is 0.854. The molecular weight excluding hydrogens is 296 g/mol. The Kier molecular flexibility index (Phi) is 3.48. The first-order valence-corrected chi connectivity index (χ1v) is 8.87. The van der Waals surface area contributed by atoms with Crippen molar-refractivity contribution in [2.45, 2.75) is 39.2 Å². The maximum atomic E-state index is 12.0. The van der Waals surface area contributed by atoms with E-state index in [1.165, 1.54) is 28.7 Å². The van der Waals surface area contributed by atoms with E-state index in [-0.39, 0.29) is 5.91 Å². The van der Waals surface area contributed by atoms with E-state index >= 15 is 0 Å². The molecule has 2 aromatic heterocycles. The highest BCUT2D eigenvalue weighted by Gasteiger charge is 2.27. The van der Waals surface area contributed by atoms with E-state index in [1.54, 1.807) is 17.7 Å². The molecule has 0 unspecified atom stereocenters. The highest BCUT2D eigenvalue weighted by molar-refractivity contribution is 7.19. The summed E-state index contributed by atoms with van der Waals surface area (Å²) >= 11 is 1.73. The topological polar surface area (TPSA) is 49.3 Å². The van der Waals surface area contributed by atoms with Crippen LogP contribution < -0.4 is 4.90 Å². The Morgan fingerprint density at radius 3 is 2.86 bits per heavy atom. The minimum absolute atomic E-state index is 0.244. The maximum Gasteiger partial charge on any atom is 0.222 e. The molecule has 6 heteroatoms. The third-order valence-electron chi connectivity index (χ3n) is 4.68. The van der Waals surface area contributed by atoms with Crippen LogP contribution in [-0.4, -0.2) is 40.4 Å². The lowest BCUT2D eigenvalue weighted by Crippen LogP contribution is -2.34. The first-order valence-electron chi connectivity index (χ1n) is 8.06. The number of aromatic nitrogens is 2. The second kappa shape index (κ2) is 5.50. The van der Waals surface area contributed by atoms with Gasteiger partial charge in [-0.3, -0.25) is 4.79 Å². The Bertz CT molecular complexity index is 720. The van der Waals surface area contributed by atoms with Gasteiger partial charge in [0.25, 0.3) is 0 Å². The normalized spacial score (nSPS) is 18.0. The number of fused-ring (bicyclic) bond motifs is 3. The Balaban J connectivity index is 1.77. The van der Waals surface area contributed by atoms with Gasteiger partial charge in [-0.2, -0.15) is 0 Å². The van der Waals surface area contributed by atoms with Gasteiger partial charge in [0.2, 0.25) is 5.91 Å². The molecule has 4 heterocycles. The van der Waals surface area contributed by atoms with E-state index in [0.29, 0.717) is 6.42 Å². The van der Waals surface area contributed by atoms with Gasteiger partial charge in [0.05, 0.1) is 11.9 Å². The second-order valence-electron chi connectivity index (χ2n) is 5.99. The number of amides is 1. The molecule has 4 rings (SSSR count). The zero-order valence-corrected chi connectivity index (χ0v) is 13.7. The molecule has 2 aliphatic rings. The molecule has 0 bridgehead atoms. The highest BCUT2D eigenvalue weighted by atomic mass is 32.1. The summed E-state index contributed by atoms with van der Waals surface area (Å²) in [5, 5.41) is 1.24. The van der Waals surface area contributed by atoms with Crippen LogP contribution in [0.5, 0.6) is 0 Å². The van der Waals surface area contributed by atoms with Gasteiger partial charge in [0, 0.05) is 30.9 Å². The predicted molar refractivity (Wildman–Crippen MR) is 88.3 cm³/mol. The van der Waals surface area contributed by atoms with Crippen molar-refractivity contribution in [3.8, 4) is 0 Å². The Morgan fingerprint density at radius 2 is 2.09 bits per heavy atom. The van der Waals surface area contributed by atoms with E-state index in [0.717, 1.165) is 43.2 Å². The lowest BCUT2D eigenvalue weighted by atomic mass is 10.0. The molecule has 116 valence electrons. The van der Waals surface area contributed by atoms with Gasteiger partial charge < -0.3 is 9.80 Å². The third kappa shape index (κ3) is 2.17. The van der Waals surface area contributed by atoms with Crippen molar-refractivity contribution >= 4 is 33.3 Å². The number of nitrogens with zero attached hydrogens (tertiary/aromatic N) is 4. The van der Waals surface area contributed by atoms with Crippen LogP contribution in [0.15, 0.2) is 6.33 Å². The van der Waals surface area contributed by atoms with Gasteiger partial charge in [0.1, 0.15) is 17.0 Å². The minimum Gasteiger partial charge on any atom is -0.356 e. The zero-order valence-electron chi connectivity index (χ0n) is 12.8. The fourth-order valence-electron chi connectivity index (χ4n) is 3.52. The molecule has 0 atom stereocenters. The van der Waals surface area contributed by atoms with Crippen molar-refractivity contribution in [3.05, 3.63) is 16.8 Å². The van der Waals surface area contributed by atoms with Crippen molar-refractivity contribution in [2.75, 3.05) is 24.5 Å². The molecule has 1 amide bonds. The van der Waals surface area contributed by atoms with E-state index in [4.69, 9.17) is 0 Å². The monoisotopic (exact) mass is 316 g/mol. The predicted octanol–water partition coefficient (Wildman–Crippen LogP) is 2.59. The number of carbonyl (C=O) groups is 1. The van der Waals surface area contributed by atoms with E-state index < -0.39 is 0 Å². The summed E-state index contributed by atoms with van der Waals surface area (Å²) < 4.78 is 0. The fourth-order valence-corrected chi connectivity index (χ4v) is 4.71. The molecule has 22 heavy (non-hydrogen) atoms. The number of hydrogen-bond acceptors (Lipinski definition) is 5. The molecule has 0 aromatic carbocycles. The smallest absolute Gasteiger partial charge is 0.222 e. The summed E-state index contributed by atoms with van der Waals surface area (Å²) in [5.41, 5.74) is 1.38. The van der Waals surface area contributed by atoms with Crippen LogP contribution >= 0.6 is 11.3 Å². The van der Waals surface area contributed by atoms with Crippen LogP contribution in [-0.2, 0) is 17.8 Å². The molecule has 0 saturated carbocycles. The van der Waals surface area contributed by atoms with Crippen LogP contribution in [0.1, 0.15) is 36.6 Å². The molecule has 0 spiro atoms. The molecule has 2 aliphatic heterocycles. The molecule has 2 aromatic rings. The third-order valence-corrected chi connectivity index (χ3v) is 5.80. The summed E-state index contributed by atoms with van der Waals surface area (Å²) in [6, 6.07) is 0. The molecule has 1 fully saturated rings. The first-order chi connectivity index (χ1) is 10.8. The van der Waals surface area contributed by atoms with Gasteiger partial charge in [-0.05, 0) is 24.8 Å².